The number of hydrogen-bond donors (Lipinski definition) is 3. The summed E-state index contributed by atoms with van der Waals surface area (Å²) in [5.41, 5.74) is 4.39. The molecule has 3 saturated carbocycles. The molecule has 23 nitrogen and oxygen atoms in total. The van der Waals surface area contributed by atoms with Crippen LogP contribution in [0.15, 0.2) is 96.6 Å². The van der Waals surface area contributed by atoms with Crippen molar-refractivity contribution in [2.24, 2.45) is 40.4 Å². The molecular formula is C79H105N5O18. The molecule has 2 amide bonds. The van der Waals surface area contributed by atoms with Crippen molar-refractivity contribution in [3.8, 4) is 22.5 Å². The van der Waals surface area contributed by atoms with Crippen LogP contribution in [0, 0.1) is 40.4 Å². The molecular weight excluding hydrogens is 1310 g/mol. The Balaban J connectivity index is 0.558. The van der Waals surface area contributed by atoms with Crippen LogP contribution in [0.2, 0.25) is 0 Å². The van der Waals surface area contributed by atoms with Gasteiger partial charge in [-0.3, -0.25) is 33.6 Å². The van der Waals surface area contributed by atoms with Crippen molar-refractivity contribution in [1.82, 2.24) is 20.3 Å². The Hall–Kier alpha value is -6.87. The summed E-state index contributed by atoms with van der Waals surface area (Å²) in [4.78, 5) is 95.4. The van der Waals surface area contributed by atoms with E-state index >= 15 is 0 Å². The molecule has 554 valence electrons. The number of anilines is 1. The maximum absolute atomic E-state index is 14.0. The summed E-state index contributed by atoms with van der Waals surface area (Å²) < 4.78 is 55.0. The summed E-state index contributed by atoms with van der Waals surface area (Å²) in [6.07, 6.45) is 8.36. The Morgan fingerprint density at radius 3 is 2.05 bits per heavy atom. The molecule has 1 aromatic heterocycles. The minimum Gasteiger partial charge on any atom is -0.393 e. The zero-order valence-electron chi connectivity index (χ0n) is 60.3. The lowest BCUT2D eigenvalue weighted by molar-refractivity contribution is -0.201. The van der Waals surface area contributed by atoms with Gasteiger partial charge >= 0.3 is 0 Å². The van der Waals surface area contributed by atoms with Crippen molar-refractivity contribution in [2.45, 2.75) is 168 Å². The second-order valence-corrected chi connectivity index (χ2v) is 28.7. The molecule has 4 aromatic rings. The highest BCUT2D eigenvalue weighted by Gasteiger charge is 2.76. The third-order valence-corrected chi connectivity index (χ3v) is 21.8. The van der Waals surface area contributed by atoms with E-state index in [-0.39, 0.29) is 117 Å². The molecule has 11 atom stereocenters. The molecule has 0 bridgehead atoms. The van der Waals surface area contributed by atoms with Gasteiger partial charge in [0.25, 0.3) is 0 Å². The molecule has 3 N–H and O–H groups in total. The second kappa shape index (κ2) is 36.7. The van der Waals surface area contributed by atoms with E-state index in [1.807, 2.05) is 80.1 Å². The van der Waals surface area contributed by atoms with E-state index in [0.717, 1.165) is 53.8 Å². The van der Waals surface area contributed by atoms with Gasteiger partial charge in [0.05, 0.1) is 122 Å². The number of nitrogens with zero attached hydrogens (tertiary/aromatic N) is 4. The third-order valence-electron chi connectivity index (χ3n) is 21.8. The lowest BCUT2D eigenvalue weighted by atomic mass is 9.46. The molecule has 6 aliphatic rings. The number of aliphatic hydroxyl groups is 2. The zero-order chi connectivity index (χ0) is 72.4. The maximum atomic E-state index is 14.0. The first kappa shape index (κ1) is 77.7. The van der Waals surface area contributed by atoms with Gasteiger partial charge in [-0.15, -0.1) is 5.10 Å². The van der Waals surface area contributed by atoms with E-state index in [4.69, 9.17) is 42.6 Å². The highest BCUT2D eigenvalue weighted by atomic mass is 16.7. The molecule has 4 aliphatic carbocycles. The van der Waals surface area contributed by atoms with Gasteiger partial charge in [-0.1, -0.05) is 125 Å². The maximum Gasteiger partial charge on any atom is 0.227 e. The number of para-hydroxylation sites is 1. The number of benzene rings is 3. The van der Waals surface area contributed by atoms with E-state index < -0.39 is 59.3 Å². The number of fused-ring (bicyclic) bond motifs is 12. The number of ketones is 5. The number of amides is 2. The number of aromatic nitrogens is 3. The number of allylic oxidation sites excluding steroid dienone is 4. The van der Waals surface area contributed by atoms with Crippen LogP contribution in [0.25, 0.3) is 22.5 Å². The summed E-state index contributed by atoms with van der Waals surface area (Å²) in [5, 5.41) is 34.5. The van der Waals surface area contributed by atoms with Crippen molar-refractivity contribution >= 4 is 46.4 Å². The average Bonchev–Trinajstić information content (AvgIpc) is 1.49. The Labute approximate surface area is 599 Å². The predicted octanol–water partition coefficient (Wildman–Crippen LogP) is 9.05. The Morgan fingerprint density at radius 2 is 1.37 bits per heavy atom. The molecule has 3 heterocycles. The highest BCUT2D eigenvalue weighted by molar-refractivity contribution is 6.02. The summed E-state index contributed by atoms with van der Waals surface area (Å²) in [6, 6.07) is 21.9. The van der Waals surface area contributed by atoms with Crippen molar-refractivity contribution in [2.75, 3.05) is 104 Å². The predicted molar refractivity (Wildman–Crippen MR) is 378 cm³/mol. The van der Waals surface area contributed by atoms with Crippen LogP contribution >= 0.6 is 0 Å². The second-order valence-electron chi connectivity index (χ2n) is 28.7. The summed E-state index contributed by atoms with van der Waals surface area (Å²) in [7, 11) is 0. The number of unbranched alkanes of at least 4 members (excludes halogenated alkanes) is 1. The normalized spacial score (nSPS) is 24.5. The Morgan fingerprint density at radius 1 is 0.735 bits per heavy atom. The van der Waals surface area contributed by atoms with Crippen LogP contribution in [-0.2, 0) is 95.7 Å². The lowest BCUT2D eigenvalue weighted by Gasteiger charge is -2.59. The fourth-order valence-corrected chi connectivity index (χ4v) is 16.3. The van der Waals surface area contributed by atoms with E-state index in [2.05, 4.69) is 29.5 Å². The van der Waals surface area contributed by atoms with Gasteiger partial charge < -0.3 is 63.1 Å². The molecule has 4 fully saturated rings. The van der Waals surface area contributed by atoms with Gasteiger partial charge in [-0.05, 0) is 92.5 Å². The number of rotatable bonds is 42. The molecule has 23 heteroatoms. The summed E-state index contributed by atoms with van der Waals surface area (Å²) in [5.74, 6) is -2.41. The van der Waals surface area contributed by atoms with Gasteiger partial charge in [0.1, 0.15) is 23.9 Å². The van der Waals surface area contributed by atoms with Gasteiger partial charge in [0.15, 0.2) is 29.2 Å². The van der Waals surface area contributed by atoms with Crippen molar-refractivity contribution in [3.05, 3.63) is 113 Å². The molecule has 102 heavy (non-hydrogen) atoms. The largest absolute Gasteiger partial charge is 0.393 e. The standard InChI is InChI=1S/C79H105N5O18/c1-7-8-31-94-35-39-98-42-38-97-34-30-84-74-61-16-10-9-14-56(61)50-83(66-18-12-11-17-63(66)73(74)81-82-84)71(92)26-24-58(86)15-13-32-95-36-40-99-43-44-100-41-37-96-33-28-60(88)47-64(52(2)3)75(93)80-53(4)67(89)45-54-19-21-55(22-20-54)76-101-70-48-65-62-25-23-57-46-59(87)27-29-77(57,5)72(62)68(90)49-78(65,6)79(70,102-76)69(91)51-85/h9-12,14,16-22,27,29,46,52-53,62,64-65,68,70,72,76,85,90H,7-8,13,15,23-26,28,30-45,47-51H2,1-6H3,(H,80,93)/t53-,62+,64-,65+,68+,70-,72-,76-,77+,78+,79-/m0/s1. The molecule has 3 aromatic carbocycles. The number of Topliss-reactive ketones (excluding diaryl/α,β-unsaturated/α-hetero) is 4. The molecule has 10 rings (SSSR count). The third kappa shape index (κ3) is 18.2. The van der Waals surface area contributed by atoms with Crippen LogP contribution < -0.4 is 10.2 Å². The van der Waals surface area contributed by atoms with Gasteiger partial charge in [0, 0.05) is 91.1 Å². The topological polar surface area (TPSA) is 289 Å². The molecule has 2 aliphatic heterocycles. The number of nitrogens with one attached hydrogen (secondary N) is 1. The van der Waals surface area contributed by atoms with E-state index in [1.165, 1.54) is 0 Å². The van der Waals surface area contributed by atoms with E-state index in [0.29, 0.717) is 128 Å². The first-order chi connectivity index (χ1) is 49.3. The minimum atomic E-state index is -1.49. The number of ether oxygens (including phenoxy) is 9. The first-order valence-corrected chi connectivity index (χ1v) is 36.8. The number of carbonyl (C=O) groups excluding carboxylic acids is 7. The lowest BCUT2D eigenvalue weighted by Crippen LogP contribution is -2.63. The fraction of sp³-hybridized carbons (Fsp3) is 0.608. The van der Waals surface area contributed by atoms with Gasteiger partial charge in [0.2, 0.25) is 11.8 Å². The number of hydrogen-bond acceptors (Lipinski definition) is 20. The van der Waals surface area contributed by atoms with Crippen LogP contribution in [0.5, 0.6) is 0 Å². The van der Waals surface area contributed by atoms with Crippen molar-refractivity contribution < 1.29 is 86.4 Å². The SMILES string of the molecule is CCCCOCCOCCOCCn1nnc2c1-c1ccccc1CN(C(=O)CCC(=O)CCCOCCOCCOCCOCCC(=O)C[C@H](C(=O)N[C@@H](C)C(=O)Cc1ccc([C@H]3O[C@H]4C[C@@H]5[C@H]6CCC7=CC(=O)C=C[C@@]7(C)[C@@H]6[C@H](O)C[C@@]5(C)[C@@]4(C(=O)CO)O3)cc1)C(C)C)c1ccccc1-2. The highest BCUT2D eigenvalue weighted by Crippen LogP contribution is 2.70. The fourth-order valence-electron chi connectivity index (χ4n) is 16.3. The molecule has 0 spiro atoms. The monoisotopic (exact) mass is 1410 g/mol. The van der Waals surface area contributed by atoms with E-state index in [1.54, 1.807) is 48.2 Å². The van der Waals surface area contributed by atoms with Crippen LogP contribution in [0.4, 0.5) is 5.69 Å². The summed E-state index contributed by atoms with van der Waals surface area (Å²) >= 11 is 0. The van der Waals surface area contributed by atoms with Crippen LogP contribution in [0.1, 0.15) is 142 Å². The van der Waals surface area contributed by atoms with Crippen molar-refractivity contribution in [3.63, 3.8) is 0 Å². The van der Waals surface area contributed by atoms with Crippen LogP contribution in [0.3, 0.4) is 0 Å². The van der Waals surface area contributed by atoms with Gasteiger partial charge in [-0.25, -0.2) is 4.68 Å². The Bertz CT molecular complexity index is 3590. The van der Waals surface area contributed by atoms with Crippen molar-refractivity contribution in [1.29, 1.82) is 0 Å². The molecule has 1 saturated heterocycles. The summed E-state index contributed by atoms with van der Waals surface area (Å²) in [6.45, 7) is 17.3. The smallest absolute Gasteiger partial charge is 0.227 e. The molecule has 0 unspecified atom stereocenters. The van der Waals surface area contributed by atoms with Gasteiger partial charge in [-0.2, -0.15) is 0 Å². The average molecular weight is 1410 g/mol. The number of carbonyl (C=O) groups is 7. The first-order valence-electron chi connectivity index (χ1n) is 36.8. The Kier molecular flexibility index (Phi) is 28.0. The molecule has 0 radical (unpaired) electrons. The van der Waals surface area contributed by atoms with Crippen LogP contribution in [-0.4, -0.2) is 189 Å². The van der Waals surface area contributed by atoms with E-state index in [9.17, 15) is 43.8 Å². The quantitative estimate of drug-likeness (QED) is 0.0349. The minimum absolute atomic E-state index is 0.00134. The zero-order valence-corrected chi connectivity index (χ0v) is 60.3. The number of aliphatic hydroxyl groups excluding tert-OH is 2.